The standard InChI is InChI=1S/C12H20BN3O2/c1-11(2)12(3,4)18-13(17-11)9(14)8-6-5-7-16-10(8)15/h5-7,9H,14H2,1-4H3,(H2,15,16)/t9-/m1/s1. The third-order valence-corrected chi connectivity index (χ3v) is 3.80. The van der Waals surface area contributed by atoms with Crippen molar-refractivity contribution in [2.24, 2.45) is 5.73 Å². The second kappa shape index (κ2) is 4.22. The first kappa shape index (κ1) is 13.3. The Morgan fingerprint density at radius 3 is 2.28 bits per heavy atom. The van der Waals surface area contributed by atoms with Crippen molar-refractivity contribution in [1.29, 1.82) is 0 Å². The number of nitrogens with zero attached hydrogens (tertiary/aromatic N) is 1. The normalized spacial score (nSPS) is 23.1. The molecule has 2 rings (SSSR count). The SMILES string of the molecule is CC1(C)OB([C@H](N)c2cccnc2N)OC1(C)C. The molecule has 18 heavy (non-hydrogen) atoms. The summed E-state index contributed by atoms with van der Waals surface area (Å²) in [6, 6.07) is 3.65. The van der Waals surface area contributed by atoms with Gasteiger partial charge in [0.1, 0.15) is 5.82 Å². The summed E-state index contributed by atoms with van der Waals surface area (Å²) < 4.78 is 11.8. The highest BCUT2D eigenvalue weighted by molar-refractivity contribution is 6.47. The van der Waals surface area contributed by atoms with E-state index in [4.69, 9.17) is 20.8 Å². The summed E-state index contributed by atoms with van der Waals surface area (Å²) in [6.45, 7) is 7.97. The fraction of sp³-hybridized carbons (Fsp3) is 0.583. The molecule has 0 bridgehead atoms. The minimum Gasteiger partial charge on any atom is -0.402 e. The number of aromatic nitrogens is 1. The monoisotopic (exact) mass is 249 g/mol. The van der Waals surface area contributed by atoms with Crippen molar-refractivity contribution in [3.63, 3.8) is 0 Å². The molecular weight excluding hydrogens is 229 g/mol. The topological polar surface area (TPSA) is 83.4 Å². The molecular formula is C12H20BN3O2. The van der Waals surface area contributed by atoms with E-state index in [2.05, 4.69) is 4.98 Å². The molecule has 0 spiro atoms. The Hall–Kier alpha value is -1.11. The lowest BCUT2D eigenvalue weighted by Gasteiger charge is -2.32. The van der Waals surface area contributed by atoms with Crippen molar-refractivity contribution in [1.82, 2.24) is 4.98 Å². The molecule has 0 aromatic carbocycles. The average molecular weight is 249 g/mol. The zero-order valence-electron chi connectivity index (χ0n) is 11.3. The van der Waals surface area contributed by atoms with E-state index in [1.807, 2.05) is 33.8 Å². The number of anilines is 1. The number of pyridine rings is 1. The first-order chi connectivity index (χ1) is 8.24. The van der Waals surface area contributed by atoms with E-state index in [0.717, 1.165) is 5.56 Å². The van der Waals surface area contributed by atoms with Crippen LogP contribution in [0.15, 0.2) is 18.3 Å². The first-order valence-electron chi connectivity index (χ1n) is 6.06. The van der Waals surface area contributed by atoms with Gasteiger partial charge in [-0.25, -0.2) is 4.98 Å². The molecule has 5 nitrogen and oxygen atoms in total. The summed E-state index contributed by atoms with van der Waals surface area (Å²) >= 11 is 0. The van der Waals surface area contributed by atoms with Gasteiger partial charge in [0, 0.05) is 11.8 Å². The highest BCUT2D eigenvalue weighted by atomic mass is 16.7. The Kier molecular flexibility index (Phi) is 3.13. The molecule has 0 radical (unpaired) electrons. The molecule has 98 valence electrons. The van der Waals surface area contributed by atoms with Gasteiger partial charge >= 0.3 is 7.12 Å². The van der Waals surface area contributed by atoms with Gasteiger partial charge in [-0.05, 0) is 33.8 Å². The Labute approximate surface area is 108 Å². The molecule has 1 aliphatic rings. The molecule has 0 saturated carbocycles. The largest absolute Gasteiger partial charge is 0.480 e. The summed E-state index contributed by atoms with van der Waals surface area (Å²) in [5.74, 6) is -0.0283. The molecule has 1 aliphatic heterocycles. The number of rotatable bonds is 2. The van der Waals surface area contributed by atoms with Crippen LogP contribution in [0, 0.1) is 0 Å². The lowest BCUT2D eigenvalue weighted by Crippen LogP contribution is -2.41. The van der Waals surface area contributed by atoms with Crippen molar-refractivity contribution >= 4 is 12.9 Å². The van der Waals surface area contributed by atoms with E-state index in [9.17, 15) is 0 Å². The zero-order chi connectivity index (χ0) is 13.6. The van der Waals surface area contributed by atoms with E-state index < -0.39 is 24.3 Å². The molecule has 1 atom stereocenters. The van der Waals surface area contributed by atoms with Crippen LogP contribution in [0.25, 0.3) is 0 Å². The van der Waals surface area contributed by atoms with Gasteiger partial charge in [-0.2, -0.15) is 0 Å². The predicted molar refractivity (Wildman–Crippen MR) is 71.7 cm³/mol. The summed E-state index contributed by atoms with van der Waals surface area (Å²) in [7, 11) is -0.513. The Balaban J connectivity index is 2.23. The minimum atomic E-state index is -0.513. The fourth-order valence-electron chi connectivity index (χ4n) is 1.89. The fourth-order valence-corrected chi connectivity index (χ4v) is 1.89. The van der Waals surface area contributed by atoms with Gasteiger partial charge < -0.3 is 20.8 Å². The molecule has 0 amide bonds. The average Bonchev–Trinajstić information content (AvgIpc) is 2.48. The molecule has 0 aliphatic carbocycles. The van der Waals surface area contributed by atoms with E-state index in [0.29, 0.717) is 5.82 Å². The van der Waals surface area contributed by atoms with E-state index in [1.165, 1.54) is 0 Å². The quantitative estimate of drug-likeness (QED) is 0.771. The highest BCUT2D eigenvalue weighted by Gasteiger charge is 2.53. The van der Waals surface area contributed by atoms with Gasteiger partial charge in [-0.1, -0.05) is 6.07 Å². The molecule has 1 saturated heterocycles. The summed E-state index contributed by atoms with van der Waals surface area (Å²) in [5.41, 5.74) is 11.9. The van der Waals surface area contributed by atoms with Crippen LogP contribution in [-0.4, -0.2) is 23.3 Å². The van der Waals surface area contributed by atoms with Crippen molar-refractivity contribution in [3.8, 4) is 0 Å². The molecule has 1 aromatic heterocycles. The van der Waals surface area contributed by atoms with Crippen LogP contribution in [-0.2, 0) is 9.31 Å². The first-order valence-corrected chi connectivity index (χ1v) is 6.06. The van der Waals surface area contributed by atoms with Crippen LogP contribution in [0.1, 0.15) is 39.2 Å². The molecule has 4 N–H and O–H groups in total. The Bertz CT molecular complexity index is 435. The van der Waals surface area contributed by atoms with Crippen LogP contribution < -0.4 is 11.5 Å². The number of hydrogen-bond acceptors (Lipinski definition) is 5. The van der Waals surface area contributed by atoms with Crippen LogP contribution in [0.4, 0.5) is 5.82 Å². The van der Waals surface area contributed by atoms with Crippen LogP contribution >= 0.6 is 0 Å². The molecule has 2 heterocycles. The van der Waals surface area contributed by atoms with Gasteiger partial charge in [-0.3, -0.25) is 0 Å². The maximum atomic E-state index is 6.17. The van der Waals surface area contributed by atoms with E-state index >= 15 is 0 Å². The van der Waals surface area contributed by atoms with Crippen molar-refractivity contribution < 1.29 is 9.31 Å². The maximum Gasteiger partial charge on any atom is 0.480 e. The second-order valence-electron chi connectivity index (χ2n) is 5.63. The summed E-state index contributed by atoms with van der Waals surface area (Å²) in [5, 5.41) is 0. The third kappa shape index (κ3) is 2.11. The number of hydrogen-bond donors (Lipinski definition) is 2. The van der Waals surface area contributed by atoms with Crippen LogP contribution in [0.3, 0.4) is 0 Å². The van der Waals surface area contributed by atoms with E-state index in [1.54, 1.807) is 12.3 Å². The molecule has 0 unspecified atom stereocenters. The second-order valence-corrected chi connectivity index (χ2v) is 5.63. The van der Waals surface area contributed by atoms with Crippen molar-refractivity contribution in [2.45, 2.75) is 44.8 Å². The van der Waals surface area contributed by atoms with Gasteiger partial charge in [0.15, 0.2) is 0 Å². The molecule has 1 fully saturated rings. The predicted octanol–water partition coefficient (Wildman–Crippen LogP) is 1.30. The zero-order valence-corrected chi connectivity index (χ0v) is 11.3. The Morgan fingerprint density at radius 2 is 1.78 bits per heavy atom. The van der Waals surface area contributed by atoms with Crippen LogP contribution in [0.5, 0.6) is 0 Å². The van der Waals surface area contributed by atoms with Gasteiger partial charge in [-0.15, -0.1) is 0 Å². The van der Waals surface area contributed by atoms with Gasteiger partial charge in [0.2, 0.25) is 0 Å². The van der Waals surface area contributed by atoms with Gasteiger partial charge in [0.25, 0.3) is 0 Å². The lowest BCUT2D eigenvalue weighted by atomic mass is 9.75. The third-order valence-electron chi connectivity index (χ3n) is 3.80. The number of nitrogen functional groups attached to an aromatic ring is 1. The van der Waals surface area contributed by atoms with E-state index in [-0.39, 0.29) is 0 Å². The highest BCUT2D eigenvalue weighted by Crippen LogP contribution is 2.39. The molecule has 6 heteroatoms. The van der Waals surface area contributed by atoms with Crippen molar-refractivity contribution in [3.05, 3.63) is 23.9 Å². The van der Waals surface area contributed by atoms with Crippen molar-refractivity contribution in [2.75, 3.05) is 5.73 Å². The lowest BCUT2D eigenvalue weighted by molar-refractivity contribution is 0.00578. The smallest absolute Gasteiger partial charge is 0.402 e. The van der Waals surface area contributed by atoms with Crippen LogP contribution in [0.2, 0.25) is 0 Å². The maximum absolute atomic E-state index is 6.17. The molecule has 1 aromatic rings. The Morgan fingerprint density at radius 1 is 1.22 bits per heavy atom. The summed E-state index contributed by atoms with van der Waals surface area (Å²) in [4.78, 5) is 4.03. The van der Waals surface area contributed by atoms with Gasteiger partial charge in [0.05, 0.1) is 17.1 Å². The summed E-state index contributed by atoms with van der Waals surface area (Å²) in [6.07, 6.45) is 1.63. The number of nitrogens with two attached hydrogens (primary N) is 2. The minimum absolute atomic E-state index is 0.397.